The Morgan fingerprint density at radius 1 is 1.53 bits per heavy atom. The number of piperidine rings is 1. The SMILES string of the molecule is CC1(O)CCN(c2ccnc(C(N)=S)c2)CC1. The monoisotopic (exact) mass is 251 g/mol. The molecule has 1 aromatic rings. The molecule has 3 N–H and O–H groups in total. The topological polar surface area (TPSA) is 62.4 Å². The van der Waals surface area contributed by atoms with Gasteiger partial charge in [-0.3, -0.25) is 4.98 Å². The van der Waals surface area contributed by atoms with Crippen LogP contribution < -0.4 is 10.6 Å². The second-order valence-corrected chi connectivity index (χ2v) is 5.19. The first kappa shape index (κ1) is 12.3. The smallest absolute Gasteiger partial charge is 0.122 e. The second-order valence-electron chi connectivity index (χ2n) is 4.75. The van der Waals surface area contributed by atoms with E-state index in [0.717, 1.165) is 31.6 Å². The molecule has 0 aromatic carbocycles. The summed E-state index contributed by atoms with van der Waals surface area (Å²) in [6.45, 7) is 3.57. The minimum absolute atomic E-state index is 0.316. The average Bonchev–Trinajstić information content (AvgIpc) is 2.29. The predicted octanol–water partition coefficient (Wildman–Crippen LogP) is 1.07. The molecule has 2 heterocycles. The van der Waals surface area contributed by atoms with Gasteiger partial charge in [0.2, 0.25) is 0 Å². The summed E-state index contributed by atoms with van der Waals surface area (Å²) in [6.07, 6.45) is 3.27. The van der Waals surface area contributed by atoms with Gasteiger partial charge in [-0.05, 0) is 31.9 Å². The molecule has 1 saturated heterocycles. The van der Waals surface area contributed by atoms with Crippen LogP contribution in [0.1, 0.15) is 25.5 Å². The summed E-state index contributed by atoms with van der Waals surface area (Å²) >= 11 is 4.92. The number of hydrogen-bond donors (Lipinski definition) is 2. The largest absolute Gasteiger partial charge is 0.390 e. The third-order valence-electron chi connectivity index (χ3n) is 3.20. The van der Waals surface area contributed by atoms with Crippen LogP contribution in [0.2, 0.25) is 0 Å². The molecule has 0 atom stereocenters. The molecule has 4 nitrogen and oxygen atoms in total. The van der Waals surface area contributed by atoms with Gasteiger partial charge in [0.15, 0.2) is 0 Å². The van der Waals surface area contributed by atoms with E-state index in [4.69, 9.17) is 18.0 Å². The number of hydrogen-bond acceptors (Lipinski definition) is 4. The van der Waals surface area contributed by atoms with Gasteiger partial charge in [0.1, 0.15) is 4.99 Å². The molecule has 0 radical (unpaired) electrons. The number of nitrogens with zero attached hydrogens (tertiary/aromatic N) is 2. The first-order valence-corrected chi connectivity index (χ1v) is 6.12. The number of aromatic nitrogens is 1. The molecular formula is C12H17N3OS. The zero-order chi connectivity index (χ0) is 12.5. The summed E-state index contributed by atoms with van der Waals surface area (Å²) in [5.41, 5.74) is 6.75. The average molecular weight is 251 g/mol. The summed E-state index contributed by atoms with van der Waals surface area (Å²) in [7, 11) is 0. The number of pyridine rings is 1. The molecule has 0 aliphatic carbocycles. The Morgan fingerprint density at radius 2 is 2.18 bits per heavy atom. The number of rotatable bonds is 2. The molecule has 1 aromatic heterocycles. The van der Waals surface area contributed by atoms with Crippen LogP contribution in [0.5, 0.6) is 0 Å². The van der Waals surface area contributed by atoms with Crippen molar-refractivity contribution in [3.05, 3.63) is 24.0 Å². The van der Waals surface area contributed by atoms with Gasteiger partial charge in [0.05, 0.1) is 11.3 Å². The van der Waals surface area contributed by atoms with Crippen LogP contribution in [0.25, 0.3) is 0 Å². The third kappa shape index (κ3) is 2.92. The van der Waals surface area contributed by atoms with E-state index in [0.29, 0.717) is 10.7 Å². The molecule has 0 spiro atoms. The Bertz CT molecular complexity index is 424. The number of anilines is 1. The van der Waals surface area contributed by atoms with E-state index in [1.54, 1.807) is 6.20 Å². The van der Waals surface area contributed by atoms with E-state index in [1.165, 1.54) is 0 Å². The second kappa shape index (κ2) is 4.58. The van der Waals surface area contributed by atoms with Crippen molar-refractivity contribution in [2.24, 2.45) is 5.73 Å². The van der Waals surface area contributed by atoms with Crippen molar-refractivity contribution in [1.82, 2.24) is 4.98 Å². The minimum atomic E-state index is -0.532. The molecule has 0 bridgehead atoms. The van der Waals surface area contributed by atoms with Crippen molar-refractivity contribution < 1.29 is 5.11 Å². The fourth-order valence-electron chi connectivity index (χ4n) is 2.00. The van der Waals surface area contributed by atoms with E-state index in [9.17, 15) is 5.11 Å². The third-order valence-corrected chi connectivity index (χ3v) is 3.41. The lowest BCUT2D eigenvalue weighted by atomic mass is 9.93. The molecule has 1 aliphatic rings. The summed E-state index contributed by atoms with van der Waals surface area (Å²) in [5, 5.41) is 9.90. The van der Waals surface area contributed by atoms with Gasteiger partial charge < -0.3 is 15.7 Å². The van der Waals surface area contributed by atoms with Crippen LogP contribution >= 0.6 is 12.2 Å². The van der Waals surface area contributed by atoms with Crippen molar-refractivity contribution in [1.29, 1.82) is 0 Å². The first-order valence-electron chi connectivity index (χ1n) is 5.71. The van der Waals surface area contributed by atoms with E-state index in [2.05, 4.69) is 9.88 Å². The molecule has 0 saturated carbocycles. The highest BCUT2D eigenvalue weighted by Gasteiger charge is 2.27. The summed E-state index contributed by atoms with van der Waals surface area (Å²) in [5.74, 6) is 0. The van der Waals surface area contributed by atoms with Crippen LogP contribution in [-0.4, -0.2) is 33.8 Å². The molecule has 0 unspecified atom stereocenters. The normalized spacial score (nSPS) is 19.1. The molecule has 1 fully saturated rings. The quantitative estimate of drug-likeness (QED) is 0.770. The van der Waals surface area contributed by atoms with E-state index in [-0.39, 0.29) is 0 Å². The van der Waals surface area contributed by atoms with Crippen LogP contribution in [0.15, 0.2) is 18.3 Å². The van der Waals surface area contributed by atoms with Crippen LogP contribution in [0, 0.1) is 0 Å². The van der Waals surface area contributed by atoms with Gasteiger partial charge >= 0.3 is 0 Å². The lowest BCUT2D eigenvalue weighted by Crippen LogP contribution is -2.42. The fraction of sp³-hybridized carbons (Fsp3) is 0.500. The van der Waals surface area contributed by atoms with Gasteiger partial charge in [0, 0.05) is 25.0 Å². The Kier molecular flexibility index (Phi) is 3.31. The van der Waals surface area contributed by atoms with Crippen molar-refractivity contribution in [2.75, 3.05) is 18.0 Å². The zero-order valence-corrected chi connectivity index (χ0v) is 10.7. The Labute approximate surface area is 106 Å². The Hall–Kier alpha value is -1.20. The Morgan fingerprint density at radius 3 is 2.76 bits per heavy atom. The lowest BCUT2D eigenvalue weighted by Gasteiger charge is -2.37. The molecule has 17 heavy (non-hydrogen) atoms. The van der Waals surface area contributed by atoms with Crippen molar-refractivity contribution in [3.63, 3.8) is 0 Å². The van der Waals surface area contributed by atoms with E-state index < -0.39 is 5.60 Å². The van der Waals surface area contributed by atoms with Crippen LogP contribution in [0.4, 0.5) is 5.69 Å². The van der Waals surface area contributed by atoms with Crippen LogP contribution in [0.3, 0.4) is 0 Å². The molecule has 1 aliphatic heterocycles. The molecular weight excluding hydrogens is 234 g/mol. The van der Waals surface area contributed by atoms with Crippen molar-refractivity contribution in [3.8, 4) is 0 Å². The predicted molar refractivity (Wildman–Crippen MR) is 72.2 cm³/mol. The summed E-state index contributed by atoms with van der Waals surface area (Å²) in [6, 6.07) is 3.85. The highest BCUT2D eigenvalue weighted by atomic mass is 32.1. The van der Waals surface area contributed by atoms with Crippen molar-refractivity contribution >= 4 is 22.9 Å². The lowest BCUT2D eigenvalue weighted by molar-refractivity contribution is 0.0351. The maximum Gasteiger partial charge on any atom is 0.122 e. The van der Waals surface area contributed by atoms with Gasteiger partial charge in [-0.2, -0.15) is 0 Å². The number of nitrogens with two attached hydrogens (primary N) is 1. The maximum absolute atomic E-state index is 9.90. The number of thiocarbonyl (C=S) groups is 1. The molecule has 5 heteroatoms. The molecule has 92 valence electrons. The standard InChI is InChI=1S/C12H17N3OS/c1-12(16)3-6-15(7-4-12)9-2-5-14-10(8-9)11(13)17/h2,5,8,16H,3-4,6-7H2,1H3,(H2,13,17). The van der Waals surface area contributed by atoms with Gasteiger partial charge in [-0.25, -0.2) is 0 Å². The first-order chi connectivity index (χ1) is 7.98. The Balaban J connectivity index is 2.13. The summed E-state index contributed by atoms with van der Waals surface area (Å²) in [4.78, 5) is 6.66. The van der Waals surface area contributed by atoms with E-state index >= 15 is 0 Å². The van der Waals surface area contributed by atoms with Crippen LogP contribution in [-0.2, 0) is 0 Å². The number of aliphatic hydroxyl groups is 1. The zero-order valence-electron chi connectivity index (χ0n) is 9.89. The fourth-order valence-corrected chi connectivity index (χ4v) is 2.11. The highest BCUT2D eigenvalue weighted by molar-refractivity contribution is 7.80. The van der Waals surface area contributed by atoms with Gasteiger partial charge in [-0.15, -0.1) is 0 Å². The van der Waals surface area contributed by atoms with Gasteiger partial charge in [0.25, 0.3) is 0 Å². The maximum atomic E-state index is 9.90. The van der Waals surface area contributed by atoms with Gasteiger partial charge in [-0.1, -0.05) is 12.2 Å². The molecule has 2 rings (SSSR count). The van der Waals surface area contributed by atoms with Crippen molar-refractivity contribution in [2.45, 2.75) is 25.4 Å². The minimum Gasteiger partial charge on any atom is -0.390 e. The highest BCUT2D eigenvalue weighted by Crippen LogP contribution is 2.25. The van der Waals surface area contributed by atoms with E-state index in [1.807, 2.05) is 19.1 Å². The summed E-state index contributed by atoms with van der Waals surface area (Å²) < 4.78 is 0. The molecule has 0 amide bonds.